The minimum absolute atomic E-state index is 0.0504. The molecular formula is C19H22N2O13. The van der Waals surface area contributed by atoms with Gasteiger partial charge >= 0.3 is 24.1 Å². The molecule has 4 amide bonds. The van der Waals surface area contributed by atoms with Crippen LogP contribution in [0.2, 0.25) is 0 Å². The molecule has 0 unspecified atom stereocenters. The van der Waals surface area contributed by atoms with Crippen molar-refractivity contribution >= 4 is 47.7 Å². The van der Waals surface area contributed by atoms with Crippen molar-refractivity contribution in [2.75, 3.05) is 33.0 Å². The van der Waals surface area contributed by atoms with E-state index in [1.165, 1.54) is 0 Å². The van der Waals surface area contributed by atoms with Crippen LogP contribution in [0.3, 0.4) is 0 Å². The lowest BCUT2D eigenvalue weighted by molar-refractivity contribution is -0.177. The molecule has 2 aliphatic heterocycles. The van der Waals surface area contributed by atoms with Crippen LogP contribution in [0.25, 0.3) is 0 Å². The first kappa shape index (κ1) is 26.2. The Hall–Kier alpha value is -4.04. The SMILES string of the molecule is O=C(CCC(=O)OCCOC(=O)ON1C(=O)CCC1=O)OCCOC(=O)CN1C(=O)CCC1=O. The highest BCUT2D eigenvalue weighted by atomic mass is 16.8. The van der Waals surface area contributed by atoms with E-state index < -0.39 is 60.8 Å². The van der Waals surface area contributed by atoms with Gasteiger partial charge in [-0.2, -0.15) is 0 Å². The number of likely N-dealkylation sites (tertiary alicyclic amines) is 1. The van der Waals surface area contributed by atoms with Crippen molar-refractivity contribution in [3.63, 3.8) is 0 Å². The molecule has 0 bridgehead atoms. The normalized spacial score (nSPS) is 15.4. The van der Waals surface area contributed by atoms with Crippen LogP contribution in [0.4, 0.5) is 4.79 Å². The molecule has 2 heterocycles. The molecule has 0 aromatic heterocycles. The molecule has 0 aliphatic carbocycles. The quantitative estimate of drug-likeness (QED) is 0.138. The molecule has 2 saturated heterocycles. The van der Waals surface area contributed by atoms with Gasteiger partial charge in [0.2, 0.25) is 11.8 Å². The average Bonchev–Trinajstić information content (AvgIpc) is 3.28. The molecule has 15 heteroatoms. The van der Waals surface area contributed by atoms with Gasteiger partial charge in [-0.25, -0.2) is 4.79 Å². The summed E-state index contributed by atoms with van der Waals surface area (Å²) in [7, 11) is 0. The lowest BCUT2D eigenvalue weighted by Gasteiger charge is -2.13. The van der Waals surface area contributed by atoms with E-state index in [2.05, 4.69) is 9.57 Å². The third kappa shape index (κ3) is 8.48. The van der Waals surface area contributed by atoms with Gasteiger partial charge in [-0.3, -0.25) is 43.3 Å². The highest BCUT2D eigenvalue weighted by Crippen LogP contribution is 2.13. The Morgan fingerprint density at radius 3 is 1.50 bits per heavy atom. The Labute approximate surface area is 192 Å². The van der Waals surface area contributed by atoms with Crippen LogP contribution in [0.15, 0.2) is 0 Å². The second-order valence-corrected chi connectivity index (χ2v) is 6.81. The third-order valence-electron chi connectivity index (χ3n) is 4.32. The molecule has 2 aliphatic rings. The smallest absolute Gasteiger partial charge is 0.462 e. The number of hydroxylamine groups is 2. The minimum Gasteiger partial charge on any atom is -0.462 e. The lowest BCUT2D eigenvalue weighted by atomic mass is 10.3. The summed E-state index contributed by atoms with van der Waals surface area (Å²) in [6.45, 7) is -1.87. The van der Waals surface area contributed by atoms with Gasteiger partial charge < -0.3 is 18.9 Å². The summed E-state index contributed by atoms with van der Waals surface area (Å²) in [6.07, 6.45) is -2.02. The molecule has 0 N–H and O–H groups in total. The maximum absolute atomic E-state index is 11.6. The van der Waals surface area contributed by atoms with Crippen LogP contribution in [-0.2, 0) is 57.3 Å². The number of rotatable bonds is 12. The Balaban J connectivity index is 1.47. The van der Waals surface area contributed by atoms with Crippen LogP contribution in [0, 0.1) is 0 Å². The van der Waals surface area contributed by atoms with Crippen LogP contribution in [0.1, 0.15) is 38.5 Å². The molecule has 0 saturated carbocycles. The lowest BCUT2D eigenvalue weighted by Crippen LogP contribution is -2.35. The first-order valence-corrected chi connectivity index (χ1v) is 10.2. The first-order valence-electron chi connectivity index (χ1n) is 10.2. The predicted molar refractivity (Wildman–Crippen MR) is 102 cm³/mol. The Bertz CT molecular complexity index is 766. The molecule has 186 valence electrons. The standard InChI is InChI=1S/C19H22N2O13/c22-12-1-2-13(23)20(12)11-18(28)32-8-7-30-16(26)5-6-17(27)31-9-10-33-19(29)34-21-14(24)3-4-15(21)25/h1-11H2. The molecule has 0 radical (unpaired) electrons. The molecule has 0 aromatic rings. The molecule has 0 spiro atoms. The van der Waals surface area contributed by atoms with E-state index in [9.17, 15) is 38.4 Å². The van der Waals surface area contributed by atoms with Crippen LogP contribution >= 0.6 is 0 Å². The highest BCUT2D eigenvalue weighted by Gasteiger charge is 2.33. The van der Waals surface area contributed by atoms with Crippen molar-refractivity contribution in [1.29, 1.82) is 0 Å². The average molecular weight is 486 g/mol. The first-order chi connectivity index (χ1) is 16.2. The Morgan fingerprint density at radius 2 is 1.00 bits per heavy atom. The summed E-state index contributed by atoms with van der Waals surface area (Å²) in [6, 6.07) is 0. The number of hydrogen-bond acceptors (Lipinski definition) is 13. The molecule has 0 aromatic carbocycles. The third-order valence-corrected chi connectivity index (χ3v) is 4.32. The van der Waals surface area contributed by atoms with E-state index in [0.717, 1.165) is 4.90 Å². The van der Waals surface area contributed by atoms with Gasteiger partial charge in [0.25, 0.3) is 11.8 Å². The largest absolute Gasteiger partial charge is 0.534 e. The summed E-state index contributed by atoms with van der Waals surface area (Å²) in [5.74, 6) is -4.64. The summed E-state index contributed by atoms with van der Waals surface area (Å²) < 4.78 is 18.8. The summed E-state index contributed by atoms with van der Waals surface area (Å²) in [5.41, 5.74) is 0. The predicted octanol–water partition coefficient (Wildman–Crippen LogP) is -1.24. The van der Waals surface area contributed by atoms with E-state index in [4.69, 9.17) is 14.2 Å². The number of carbonyl (C=O) groups excluding carboxylic acids is 8. The number of hydrogen-bond donors (Lipinski definition) is 0. The maximum atomic E-state index is 11.6. The second-order valence-electron chi connectivity index (χ2n) is 6.81. The van der Waals surface area contributed by atoms with Gasteiger partial charge in [0.1, 0.15) is 33.0 Å². The fourth-order valence-corrected chi connectivity index (χ4v) is 2.67. The zero-order valence-corrected chi connectivity index (χ0v) is 18.0. The van der Waals surface area contributed by atoms with Crippen molar-refractivity contribution in [1.82, 2.24) is 9.96 Å². The number of carbonyl (C=O) groups is 8. The fraction of sp³-hybridized carbons (Fsp3) is 0.579. The van der Waals surface area contributed by atoms with Crippen molar-refractivity contribution in [3.8, 4) is 0 Å². The zero-order valence-electron chi connectivity index (χ0n) is 18.0. The van der Waals surface area contributed by atoms with Crippen molar-refractivity contribution in [3.05, 3.63) is 0 Å². The van der Waals surface area contributed by atoms with Crippen molar-refractivity contribution < 1.29 is 62.1 Å². The molecule has 15 nitrogen and oxygen atoms in total. The molecule has 0 atom stereocenters. The van der Waals surface area contributed by atoms with E-state index >= 15 is 0 Å². The maximum Gasteiger partial charge on any atom is 0.534 e. The fourth-order valence-electron chi connectivity index (χ4n) is 2.67. The number of imide groups is 2. The van der Waals surface area contributed by atoms with Gasteiger partial charge in [0.15, 0.2) is 0 Å². The Morgan fingerprint density at radius 1 is 0.588 bits per heavy atom. The highest BCUT2D eigenvalue weighted by molar-refractivity contribution is 6.04. The van der Waals surface area contributed by atoms with E-state index in [0.29, 0.717) is 5.06 Å². The van der Waals surface area contributed by atoms with Crippen LogP contribution in [-0.4, -0.2) is 90.6 Å². The number of esters is 3. The minimum atomic E-state index is -1.32. The zero-order chi connectivity index (χ0) is 25.1. The molecule has 2 rings (SSSR count). The van der Waals surface area contributed by atoms with Crippen LogP contribution < -0.4 is 0 Å². The second kappa shape index (κ2) is 12.9. The summed E-state index contributed by atoms with van der Waals surface area (Å²) in [5, 5.41) is 0.302. The van der Waals surface area contributed by atoms with Crippen molar-refractivity contribution in [2.24, 2.45) is 0 Å². The summed E-state index contributed by atoms with van der Waals surface area (Å²) in [4.78, 5) is 96.7. The molecular weight excluding hydrogens is 464 g/mol. The van der Waals surface area contributed by atoms with Gasteiger partial charge in [-0.05, 0) is 0 Å². The van der Waals surface area contributed by atoms with E-state index in [-0.39, 0.29) is 58.3 Å². The summed E-state index contributed by atoms with van der Waals surface area (Å²) >= 11 is 0. The molecule has 2 fully saturated rings. The van der Waals surface area contributed by atoms with E-state index in [1.54, 1.807) is 0 Å². The van der Waals surface area contributed by atoms with Gasteiger partial charge in [0, 0.05) is 25.7 Å². The molecule has 34 heavy (non-hydrogen) atoms. The topological polar surface area (TPSA) is 189 Å². The Kier molecular flexibility index (Phi) is 9.91. The van der Waals surface area contributed by atoms with Gasteiger partial charge in [-0.1, -0.05) is 5.06 Å². The van der Waals surface area contributed by atoms with Gasteiger partial charge in [0.05, 0.1) is 12.8 Å². The van der Waals surface area contributed by atoms with E-state index in [1.807, 2.05) is 0 Å². The number of nitrogens with zero attached hydrogens (tertiary/aromatic N) is 2. The number of amides is 4. The van der Waals surface area contributed by atoms with Crippen LogP contribution in [0.5, 0.6) is 0 Å². The van der Waals surface area contributed by atoms with Crippen molar-refractivity contribution in [2.45, 2.75) is 38.5 Å². The monoisotopic (exact) mass is 486 g/mol. The van der Waals surface area contributed by atoms with Gasteiger partial charge in [-0.15, -0.1) is 0 Å². The number of ether oxygens (including phenoxy) is 4.